The molecule has 1 aromatic heterocycles. The summed E-state index contributed by atoms with van der Waals surface area (Å²) in [4.78, 5) is 26.5. The van der Waals surface area contributed by atoms with Gasteiger partial charge >= 0.3 is 5.97 Å². The van der Waals surface area contributed by atoms with Gasteiger partial charge < -0.3 is 30.2 Å². The van der Waals surface area contributed by atoms with Crippen molar-refractivity contribution in [1.82, 2.24) is 4.57 Å². The number of hydrogen-bond acceptors (Lipinski definition) is 6. The van der Waals surface area contributed by atoms with E-state index >= 15 is 4.39 Å². The number of halogens is 1. The zero-order valence-electron chi connectivity index (χ0n) is 18.1. The molecule has 2 aromatic rings. The molecule has 1 aliphatic heterocycles. The molecule has 0 radical (unpaired) electrons. The molecule has 9 heteroatoms. The summed E-state index contributed by atoms with van der Waals surface area (Å²) in [5.41, 5.74) is 4.78. The predicted molar refractivity (Wildman–Crippen MR) is 116 cm³/mol. The van der Waals surface area contributed by atoms with E-state index in [1.807, 2.05) is 25.7 Å². The molecular formula is C22H28FN3O5. The number of piperidine rings is 1. The molecule has 1 saturated carbocycles. The fourth-order valence-electron chi connectivity index (χ4n) is 4.96. The van der Waals surface area contributed by atoms with E-state index in [4.69, 9.17) is 10.5 Å². The van der Waals surface area contributed by atoms with Gasteiger partial charge in [0.05, 0.1) is 24.1 Å². The summed E-state index contributed by atoms with van der Waals surface area (Å²) in [7, 11) is 1.40. The molecule has 2 heterocycles. The van der Waals surface area contributed by atoms with E-state index in [2.05, 4.69) is 0 Å². The van der Waals surface area contributed by atoms with Crippen LogP contribution in [0.25, 0.3) is 10.9 Å². The summed E-state index contributed by atoms with van der Waals surface area (Å²) in [5, 5.41) is 20.0. The zero-order valence-corrected chi connectivity index (χ0v) is 18.1. The predicted octanol–water partition coefficient (Wildman–Crippen LogP) is 2.61. The van der Waals surface area contributed by atoms with Crippen molar-refractivity contribution >= 4 is 28.4 Å². The minimum absolute atomic E-state index is 0.0686. The van der Waals surface area contributed by atoms with Crippen molar-refractivity contribution < 1.29 is 24.1 Å². The van der Waals surface area contributed by atoms with Crippen molar-refractivity contribution in [2.75, 3.05) is 30.8 Å². The van der Waals surface area contributed by atoms with Crippen molar-refractivity contribution in [2.24, 2.45) is 11.3 Å². The van der Waals surface area contributed by atoms with Gasteiger partial charge in [-0.25, -0.2) is 9.18 Å². The van der Waals surface area contributed by atoms with Gasteiger partial charge in [-0.05, 0) is 18.9 Å². The number of hydrogen-bond donors (Lipinski definition) is 3. The standard InChI is InChI=1S/C22H28FN3O5/c1-10-8-25(9-22(2,3)19(10)28)16-13(23)7-12-15(18(16)31-4)26(11-5-6-11)20(24)14(17(12)27)21(29)30/h7,10-11,19,28H,5-6,8-9,24H2,1-4H3,(H,29,30). The molecule has 4 rings (SSSR count). The SMILES string of the molecule is COc1c(N2CC(C)C(O)C(C)(C)C2)c(F)cc2c(=O)c(C(=O)O)c(N)n(C3CC3)c12. The Hall–Kier alpha value is -2.81. The molecule has 2 fully saturated rings. The molecule has 0 amide bonds. The van der Waals surface area contributed by atoms with Crippen LogP contribution in [0, 0.1) is 17.2 Å². The molecule has 4 N–H and O–H groups in total. The van der Waals surface area contributed by atoms with Crippen LogP contribution in [0.2, 0.25) is 0 Å². The van der Waals surface area contributed by atoms with E-state index < -0.39 is 34.3 Å². The monoisotopic (exact) mass is 433 g/mol. The lowest BCUT2D eigenvalue weighted by Crippen LogP contribution is -2.53. The van der Waals surface area contributed by atoms with Gasteiger partial charge in [0.15, 0.2) is 11.6 Å². The summed E-state index contributed by atoms with van der Waals surface area (Å²) < 4.78 is 22.7. The highest BCUT2D eigenvalue weighted by molar-refractivity contribution is 6.01. The number of fused-ring (bicyclic) bond motifs is 1. The van der Waals surface area contributed by atoms with Gasteiger partial charge in [0, 0.05) is 30.5 Å². The van der Waals surface area contributed by atoms with Crippen LogP contribution >= 0.6 is 0 Å². The maximum absolute atomic E-state index is 15.5. The molecule has 1 aliphatic carbocycles. The number of carboxylic acid groups (broad SMARTS) is 1. The third kappa shape index (κ3) is 3.22. The first-order valence-electron chi connectivity index (χ1n) is 10.4. The van der Waals surface area contributed by atoms with Crippen LogP contribution in [0.3, 0.4) is 0 Å². The molecule has 0 spiro atoms. The number of aliphatic hydroxyl groups excluding tert-OH is 1. The summed E-state index contributed by atoms with van der Waals surface area (Å²) in [6.07, 6.45) is 1.00. The van der Waals surface area contributed by atoms with E-state index in [1.54, 1.807) is 4.57 Å². The second-order valence-corrected chi connectivity index (χ2v) is 9.42. The molecular weight excluding hydrogens is 405 g/mol. The van der Waals surface area contributed by atoms with Crippen LogP contribution in [0.1, 0.15) is 50.0 Å². The molecule has 8 nitrogen and oxygen atoms in total. The summed E-state index contributed by atoms with van der Waals surface area (Å²) >= 11 is 0. The van der Waals surface area contributed by atoms with Crippen molar-refractivity contribution in [3.05, 3.63) is 27.7 Å². The van der Waals surface area contributed by atoms with Crippen LogP contribution in [0.5, 0.6) is 5.75 Å². The lowest BCUT2D eigenvalue weighted by atomic mass is 9.76. The fourth-order valence-corrected chi connectivity index (χ4v) is 4.96. The van der Waals surface area contributed by atoms with Crippen LogP contribution in [0.15, 0.2) is 10.9 Å². The molecule has 1 saturated heterocycles. The Morgan fingerprint density at radius 3 is 2.52 bits per heavy atom. The summed E-state index contributed by atoms with van der Waals surface area (Å²) in [6, 6.07) is 1.01. The van der Waals surface area contributed by atoms with E-state index in [1.165, 1.54) is 7.11 Å². The minimum atomic E-state index is -1.44. The first-order valence-corrected chi connectivity index (χ1v) is 10.4. The van der Waals surface area contributed by atoms with Crippen molar-refractivity contribution in [3.8, 4) is 5.75 Å². The normalized spacial score (nSPS) is 23.2. The molecule has 2 atom stereocenters. The van der Waals surface area contributed by atoms with Gasteiger partial charge in [-0.15, -0.1) is 0 Å². The molecule has 2 unspecified atom stereocenters. The number of aromatic carboxylic acids is 1. The van der Waals surface area contributed by atoms with E-state index in [0.29, 0.717) is 18.6 Å². The zero-order chi connectivity index (χ0) is 22.8. The number of rotatable bonds is 4. The maximum atomic E-state index is 15.5. The van der Waals surface area contributed by atoms with Gasteiger partial charge in [-0.1, -0.05) is 20.8 Å². The number of benzene rings is 1. The number of anilines is 2. The highest BCUT2D eigenvalue weighted by Crippen LogP contribution is 2.47. The summed E-state index contributed by atoms with van der Waals surface area (Å²) in [6.45, 7) is 6.53. The second-order valence-electron chi connectivity index (χ2n) is 9.42. The van der Waals surface area contributed by atoms with Gasteiger partial charge in [0.2, 0.25) is 5.43 Å². The first kappa shape index (κ1) is 21.4. The Kier molecular flexibility index (Phi) is 4.92. The molecule has 0 bridgehead atoms. The number of nitrogens with zero attached hydrogens (tertiary/aromatic N) is 2. The number of carbonyl (C=O) groups is 1. The third-order valence-electron chi connectivity index (χ3n) is 6.50. The highest BCUT2D eigenvalue weighted by atomic mass is 19.1. The maximum Gasteiger partial charge on any atom is 0.343 e. The number of pyridine rings is 1. The fraction of sp³-hybridized carbons (Fsp3) is 0.545. The van der Waals surface area contributed by atoms with Crippen LogP contribution in [-0.4, -0.2) is 47.1 Å². The number of ether oxygens (including phenoxy) is 1. The molecule has 31 heavy (non-hydrogen) atoms. The quantitative estimate of drug-likeness (QED) is 0.678. The van der Waals surface area contributed by atoms with Gasteiger partial charge in [0.25, 0.3) is 0 Å². The van der Waals surface area contributed by atoms with Gasteiger partial charge in [-0.3, -0.25) is 4.79 Å². The summed E-state index contributed by atoms with van der Waals surface area (Å²) in [5.74, 6) is -2.23. The van der Waals surface area contributed by atoms with Crippen molar-refractivity contribution in [2.45, 2.75) is 45.8 Å². The number of aliphatic hydroxyl groups is 1. The molecule has 168 valence electrons. The lowest BCUT2D eigenvalue weighted by molar-refractivity contribution is -0.00460. The van der Waals surface area contributed by atoms with E-state index in [0.717, 1.165) is 18.9 Å². The van der Waals surface area contributed by atoms with E-state index in [9.17, 15) is 19.8 Å². The average Bonchev–Trinajstić information content (AvgIpc) is 3.50. The Morgan fingerprint density at radius 1 is 1.35 bits per heavy atom. The largest absolute Gasteiger partial charge is 0.492 e. The lowest BCUT2D eigenvalue weighted by Gasteiger charge is -2.46. The van der Waals surface area contributed by atoms with Crippen molar-refractivity contribution in [1.29, 1.82) is 0 Å². The highest BCUT2D eigenvalue weighted by Gasteiger charge is 2.41. The number of carboxylic acids is 1. The number of nitrogen functional groups attached to an aromatic ring is 1. The number of nitrogens with two attached hydrogens (primary N) is 1. The van der Waals surface area contributed by atoms with E-state index in [-0.39, 0.29) is 34.6 Å². The number of methoxy groups -OCH3 is 1. The second kappa shape index (κ2) is 7.12. The van der Waals surface area contributed by atoms with Gasteiger partial charge in [0.1, 0.15) is 17.1 Å². The Bertz CT molecular complexity index is 1140. The minimum Gasteiger partial charge on any atom is -0.492 e. The Morgan fingerprint density at radius 2 is 2.00 bits per heavy atom. The Balaban J connectivity index is 2.05. The third-order valence-corrected chi connectivity index (χ3v) is 6.50. The first-order chi connectivity index (χ1) is 14.5. The van der Waals surface area contributed by atoms with Crippen LogP contribution < -0.4 is 20.8 Å². The topological polar surface area (TPSA) is 118 Å². The Labute approximate surface area is 179 Å². The molecule has 1 aromatic carbocycles. The van der Waals surface area contributed by atoms with Crippen LogP contribution in [0.4, 0.5) is 15.9 Å². The smallest absolute Gasteiger partial charge is 0.343 e. The number of aromatic nitrogens is 1. The van der Waals surface area contributed by atoms with Gasteiger partial charge in [-0.2, -0.15) is 0 Å². The van der Waals surface area contributed by atoms with Crippen molar-refractivity contribution in [3.63, 3.8) is 0 Å². The average molecular weight is 433 g/mol. The van der Waals surface area contributed by atoms with Crippen LogP contribution in [-0.2, 0) is 0 Å². The molecule has 2 aliphatic rings.